The van der Waals surface area contributed by atoms with E-state index >= 15 is 0 Å². The molecule has 0 bridgehead atoms. The van der Waals surface area contributed by atoms with Gasteiger partial charge in [0.15, 0.2) is 0 Å². The van der Waals surface area contributed by atoms with E-state index in [9.17, 15) is 4.79 Å². The van der Waals surface area contributed by atoms with Gasteiger partial charge in [-0.05, 0) is 56.5 Å². The summed E-state index contributed by atoms with van der Waals surface area (Å²) in [6, 6.07) is 9.53. The lowest BCUT2D eigenvalue weighted by Gasteiger charge is -2.20. The van der Waals surface area contributed by atoms with Crippen LogP contribution in [0.3, 0.4) is 0 Å². The van der Waals surface area contributed by atoms with Crippen LogP contribution in [0.1, 0.15) is 16.1 Å². The normalized spacial score (nSPS) is 14.4. The van der Waals surface area contributed by atoms with E-state index in [0.717, 1.165) is 26.1 Å². The smallest absolute Gasteiger partial charge is 0.268 e. The Kier molecular flexibility index (Phi) is 4.14. The first-order chi connectivity index (χ1) is 9.66. The average Bonchev–Trinajstić information content (AvgIpc) is 2.68. The molecule has 0 aliphatic carbocycles. The number of halogens is 2. The number of thiophene rings is 1. The number of benzene rings is 1. The summed E-state index contributed by atoms with van der Waals surface area (Å²) in [5.41, 5.74) is 0.843. The Hall–Kier alpha value is -0.850. The zero-order valence-electron chi connectivity index (χ0n) is 10.4. The number of anilines is 1. The van der Waals surface area contributed by atoms with Crippen LogP contribution in [0.4, 0.5) is 5.69 Å². The minimum absolute atomic E-state index is 0.0133. The molecule has 2 heterocycles. The van der Waals surface area contributed by atoms with Crippen LogP contribution in [0, 0.1) is 0 Å². The van der Waals surface area contributed by atoms with Gasteiger partial charge in [-0.3, -0.25) is 4.79 Å². The third-order valence-corrected chi connectivity index (χ3v) is 6.28. The molecule has 3 rings (SSSR count). The zero-order valence-corrected chi connectivity index (χ0v) is 14.4. The molecule has 0 spiro atoms. The topological polar surface area (TPSA) is 29.5 Å². The number of ether oxygens (including phenoxy) is 1. The van der Waals surface area contributed by atoms with Crippen molar-refractivity contribution in [3.63, 3.8) is 0 Å². The molecule has 2 aromatic rings. The summed E-state index contributed by atoms with van der Waals surface area (Å²) >= 11 is 8.29. The molecule has 1 amide bonds. The molecular weight excluding hydrogens is 406 g/mol. The largest absolute Gasteiger partial charge is 0.491 e. The SMILES string of the molecule is O=C(c1cc(Br)c(Br)s1)N1CCCOc2ccccc21. The van der Waals surface area contributed by atoms with Crippen molar-refractivity contribution in [3.05, 3.63) is 43.5 Å². The number of amides is 1. The van der Waals surface area contributed by atoms with E-state index in [4.69, 9.17) is 4.74 Å². The first kappa shape index (κ1) is 14.1. The Balaban J connectivity index is 1.99. The van der Waals surface area contributed by atoms with Crippen LogP contribution in [0.15, 0.2) is 38.6 Å². The standard InChI is InChI=1S/C14H11Br2NO2S/c15-9-8-12(20-13(9)16)14(18)17-6-3-7-19-11-5-2-1-4-10(11)17/h1-2,4-5,8H,3,6-7H2. The number of fused-ring (bicyclic) bond motifs is 1. The molecule has 0 fully saturated rings. The second-order valence-corrected chi connectivity index (χ2v) is 7.58. The second-order valence-electron chi connectivity index (χ2n) is 4.36. The minimum Gasteiger partial charge on any atom is -0.491 e. The summed E-state index contributed by atoms with van der Waals surface area (Å²) in [6.07, 6.45) is 0.828. The average molecular weight is 417 g/mol. The van der Waals surface area contributed by atoms with Crippen molar-refractivity contribution < 1.29 is 9.53 Å². The Morgan fingerprint density at radius 2 is 2.10 bits per heavy atom. The number of hydrogen-bond acceptors (Lipinski definition) is 3. The van der Waals surface area contributed by atoms with Crippen LogP contribution in [-0.4, -0.2) is 19.1 Å². The number of para-hydroxylation sites is 2. The molecule has 0 N–H and O–H groups in total. The minimum atomic E-state index is 0.0133. The number of hydrogen-bond donors (Lipinski definition) is 0. The molecule has 6 heteroatoms. The van der Waals surface area contributed by atoms with Gasteiger partial charge < -0.3 is 9.64 Å². The van der Waals surface area contributed by atoms with Crippen LogP contribution >= 0.6 is 43.2 Å². The fourth-order valence-electron chi connectivity index (χ4n) is 2.12. The molecule has 0 saturated heterocycles. The maximum Gasteiger partial charge on any atom is 0.268 e. The monoisotopic (exact) mass is 415 g/mol. The third-order valence-electron chi connectivity index (χ3n) is 3.04. The Labute approximate surface area is 137 Å². The quantitative estimate of drug-likeness (QED) is 0.674. The van der Waals surface area contributed by atoms with E-state index < -0.39 is 0 Å². The Morgan fingerprint density at radius 1 is 1.30 bits per heavy atom. The highest BCUT2D eigenvalue weighted by Gasteiger charge is 2.24. The zero-order chi connectivity index (χ0) is 14.1. The molecule has 20 heavy (non-hydrogen) atoms. The van der Waals surface area contributed by atoms with Gasteiger partial charge in [0.2, 0.25) is 0 Å². The lowest BCUT2D eigenvalue weighted by Crippen LogP contribution is -2.30. The first-order valence-corrected chi connectivity index (χ1v) is 8.55. The predicted molar refractivity (Wildman–Crippen MR) is 87.9 cm³/mol. The van der Waals surface area contributed by atoms with E-state index in [2.05, 4.69) is 31.9 Å². The van der Waals surface area contributed by atoms with Crippen LogP contribution in [-0.2, 0) is 0 Å². The van der Waals surface area contributed by atoms with E-state index in [1.54, 1.807) is 4.90 Å². The summed E-state index contributed by atoms with van der Waals surface area (Å²) in [4.78, 5) is 15.2. The van der Waals surface area contributed by atoms with Gasteiger partial charge in [0.1, 0.15) is 5.75 Å². The maximum atomic E-state index is 12.7. The molecule has 0 unspecified atom stereocenters. The molecule has 104 valence electrons. The molecule has 3 nitrogen and oxygen atoms in total. The molecule has 0 saturated carbocycles. The molecule has 0 atom stereocenters. The van der Waals surface area contributed by atoms with Crippen molar-refractivity contribution in [1.29, 1.82) is 0 Å². The second kappa shape index (κ2) is 5.87. The molecular formula is C14H11Br2NO2S. The van der Waals surface area contributed by atoms with Crippen LogP contribution < -0.4 is 9.64 Å². The van der Waals surface area contributed by atoms with Crippen LogP contribution in [0.2, 0.25) is 0 Å². The van der Waals surface area contributed by atoms with Gasteiger partial charge in [-0.25, -0.2) is 0 Å². The number of rotatable bonds is 1. The fourth-order valence-corrected chi connectivity index (χ4v) is 4.11. The maximum absolute atomic E-state index is 12.7. The van der Waals surface area contributed by atoms with E-state index in [0.29, 0.717) is 18.0 Å². The summed E-state index contributed by atoms with van der Waals surface area (Å²) in [6.45, 7) is 1.31. The summed E-state index contributed by atoms with van der Waals surface area (Å²) in [5.74, 6) is 0.785. The summed E-state index contributed by atoms with van der Waals surface area (Å²) in [5, 5.41) is 0. The van der Waals surface area contributed by atoms with Gasteiger partial charge in [-0.1, -0.05) is 12.1 Å². The highest BCUT2D eigenvalue weighted by Crippen LogP contribution is 2.36. The highest BCUT2D eigenvalue weighted by atomic mass is 79.9. The summed E-state index contributed by atoms with van der Waals surface area (Å²) in [7, 11) is 0. The van der Waals surface area contributed by atoms with Crippen molar-refractivity contribution in [1.82, 2.24) is 0 Å². The Morgan fingerprint density at radius 3 is 2.85 bits per heavy atom. The molecule has 1 aromatic heterocycles. The van der Waals surface area contributed by atoms with Crippen molar-refractivity contribution in [2.24, 2.45) is 0 Å². The number of carbonyl (C=O) groups is 1. The lowest BCUT2D eigenvalue weighted by atomic mass is 10.2. The summed E-state index contributed by atoms with van der Waals surface area (Å²) < 4.78 is 7.52. The van der Waals surface area contributed by atoms with Crippen molar-refractivity contribution in [2.75, 3.05) is 18.1 Å². The van der Waals surface area contributed by atoms with Gasteiger partial charge in [0.05, 0.1) is 21.0 Å². The fraction of sp³-hybridized carbons (Fsp3) is 0.214. The van der Waals surface area contributed by atoms with Gasteiger partial charge in [-0.2, -0.15) is 0 Å². The molecule has 1 aliphatic heterocycles. The lowest BCUT2D eigenvalue weighted by molar-refractivity contribution is 0.0991. The van der Waals surface area contributed by atoms with Crippen LogP contribution in [0.5, 0.6) is 5.75 Å². The van der Waals surface area contributed by atoms with Crippen molar-refractivity contribution in [3.8, 4) is 5.75 Å². The molecule has 1 aromatic carbocycles. The number of carbonyl (C=O) groups excluding carboxylic acids is 1. The van der Waals surface area contributed by atoms with E-state index in [-0.39, 0.29) is 5.91 Å². The van der Waals surface area contributed by atoms with Gasteiger partial charge in [0, 0.05) is 11.0 Å². The molecule has 0 radical (unpaired) electrons. The van der Waals surface area contributed by atoms with E-state index in [1.165, 1.54) is 11.3 Å². The van der Waals surface area contributed by atoms with Gasteiger partial charge >= 0.3 is 0 Å². The van der Waals surface area contributed by atoms with E-state index in [1.807, 2.05) is 30.3 Å². The van der Waals surface area contributed by atoms with Crippen LogP contribution in [0.25, 0.3) is 0 Å². The van der Waals surface area contributed by atoms with Crippen molar-refractivity contribution >= 4 is 54.8 Å². The predicted octanol–water partition coefficient (Wildman–Crippen LogP) is 4.70. The highest BCUT2D eigenvalue weighted by molar-refractivity contribution is 9.13. The Bertz CT molecular complexity index is 637. The van der Waals surface area contributed by atoms with Gasteiger partial charge in [0.25, 0.3) is 5.91 Å². The van der Waals surface area contributed by atoms with Gasteiger partial charge in [-0.15, -0.1) is 11.3 Å². The first-order valence-electron chi connectivity index (χ1n) is 6.15. The third kappa shape index (κ3) is 2.64. The van der Waals surface area contributed by atoms with Crippen molar-refractivity contribution in [2.45, 2.75) is 6.42 Å². The molecule has 1 aliphatic rings. The number of nitrogens with zero attached hydrogens (tertiary/aromatic N) is 1.